The normalized spacial score (nSPS) is 23.4. The molecule has 0 radical (unpaired) electrons. The van der Waals surface area contributed by atoms with Crippen LogP contribution in [0.15, 0.2) is 23.2 Å². The Balaban J connectivity index is 2.01. The minimum Gasteiger partial charge on any atom is -0.481 e. The molecule has 0 spiro atoms. The van der Waals surface area contributed by atoms with Gasteiger partial charge in [-0.05, 0) is 31.9 Å². The van der Waals surface area contributed by atoms with Gasteiger partial charge >= 0.3 is 5.97 Å². The van der Waals surface area contributed by atoms with Crippen molar-refractivity contribution in [3.05, 3.63) is 24.0 Å². The second kappa shape index (κ2) is 4.66. The first-order valence-electron chi connectivity index (χ1n) is 5.56. The fourth-order valence-electron chi connectivity index (χ4n) is 1.82. The van der Waals surface area contributed by atoms with Crippen LogP contribution in [0.4, 0.5) is 0 Å². The van der Waals surface area contributed by atoms with Crippen molar-refractivity contribution in [2.45, 2.75) is 30.7 Å². The number of carboxylic acids is 1. The Kier molecular flexibility index (Phi) is 3.36. The van der Waals surface area contributed by atoms with Crippen LogP contribution < -0.4 is 4.72 Å². The van der Waals surface area contributed by atoms with Gasteiger partial charge in [0.05, 0.1) is 5.92 Å². The minimum absolute atomic E-state index is 0.104. The van der Waals surface area contributed by atoms with Crippen molar-refractivity contribution in [2.24, 2.45) is 5.92 Å². The van der Waals surface area contributed by atoms with E-state index < -0.39 is 21.9 Å². The molecule has 1 aromatic rings. The number of hydrogen-bond donors (Lipinski definition) is 2. The van der Waals surface area contributed by atoms with Crippen LogP contribution >= 0.6 is 0 Å². The van der Waals surface area contributed by atoms with Crippen LogP contribution in [0.3, 0.4) is 0 Å². The Morgan fingerprint density at radius 1 is 1.44 bits per heavy atom. The molecule has 0 aliphatic heterocycles. The van der Waals surface area contributed by atoms with Gasteiger partial charge in [0.25, 0.3) is 0 Å². The molecule has 0 aromatic carbocycles. The van der Waals surface area contributed by atoms with Gasteiger partial charge in [-0.15, -0.1) is 0 Å². The molecule has 2 rings (SSSR count). The molecule has 98 valence electrons. The lowest BCUT2D eigenvalue weighted by Crippen LogP contribution is -2.46. The summed E-state index contributed by atoms with van der Waals surface area (Å²) in [6.07, 6.45) is 1.98. The number of nitrogens with one attached hydrogen (secondary N) is 1. The highest BCUT2D eigenvalue weighted by Crippen LogP contribution is 2.28. The average Bonchev–Trinajstić information content (AvgIpc) is 2.23. The Morgan fingerprint density at radius 3 is 2.61 bits per heavy atom. The number of rotatable bonds is 4. The molecule has 18 heavy (non-hydrogen) atoms. The molecule has 2 N–H and O–H groups in total. The van der Waals surface area contributed by atoms with E-state index in [2.05, 4.69) is 9.71 Å². The molecule has 1 heterocycles. The van der Waals surface area contributed by atoms with Gasteiger partial charge in [-0.3, -0.25) is 9.78 Å². The molecule has 0 unspecified atom stereocenters. The topological polar surface area (TPSA) is 96.4 Å². The minimum atomic E-state index is -3.59. The maximum Gasteiger partial charge on any atom is 0.306 e. The molecular formula is C11H14N2O4S. The van der Waals surface area contributed by atoms with Gasteiger partial charge in [0, 0.05) is 17.9 Å². The molecule has 0 bridgehead atoms. The molecule has 1 aliphatic carbocycles. The van der Waals surface area contributed by atoms with Crippen LogP contribution in [-0.4, -0.2) is 30.5 Å². The molecular weight excluding hydrogens is 256 g/mol. The van der Waals surface area contributed by atoms with Gasteiger partial charge in [-0.2, -0.15) is 0 Å². The van der Waals surface area contributed by atoms with E-state index in [-0.39, 0.29) is 10.9 Å². The third-order valence-electron chi connectivity index (χ3n) is 3.00. The van der Waals surface area contributed by atoms with Crippen LogP contribution in [-0.2, 0) is 14.8 Å². The summed E-state index contributed by atoms with van der Waals surface area (Å²) in [5.74, 6) is -1.31. The Hall–Kier alpha value is -1.47. The first kappa shape index (κ1) is 13.0. The fraction of sp³-hybridized carbons (Fsp3) is 0.455. The summed E-state index contributed by atoms with van der Waals surface area (Å²) in [5.41, 5.74) is 0.739. The quantitative estimate of drug-likeness (QED) is 0.832. The van der Waals surface area contributed by atoms with Gasteiger partial charge in [0.2, 0.25) is 10.0 Å². The summed E-state index contributed by atoms with van der Waals surface area (Å²) in [4.78, 5) is 14.6. The molecule has 0 amide bonds. The molecule has 0 saturated heterocycles. The molecule has 1 aromatic heterocycles. The second-order valence-corrected chi connectivity index (χ2v) is 6.17. The van der Waals surface area contributed by atoms with Gasteiger partial charge < -0.3 is 5.11 Å². The monoisotopic (exact) mass is 270 g/mol. The van der Waals surface area contributed by atoms with E-state index in [0.717, 1.165) is 5.69 Å². The van der Waals surface area contributed by atoms with E-state index in [1.807, 2.05) is 0 Å². The number of hydrogen-bond acceptors (Lipinski definition) is 4. The van der Waals surface area contributed by atoms with Crippen LogP contribution in [0.5, 0.6) is 0 Å². The van der Waals surface area contributed by atoms with Crippen LogP contribution in [0.1, 0.15) is 18.5 Å². The highest BCUT2D eigenvalue weighted by atomic mass is 32.2. The number of pyridine rings is 1. The van der Waals surface area contributed by atoms with Crippen molar-refractivity contribution in [3.8, 4) is 0 Å². The number of aliphatic carboxylic acids is 1. The van der Waals surface area contributed by atoms with Crippen LogP contribution in [0.25, 0.3) is 0 Å². The largest absolute Gasteiger partial charge is 0.481 e. The second-order valence-electron chi connectivity index (χ2n) is 4.46. The lowest BCUT2D eigenvalue weighted by molar-refractivity contribution is -0.145. The number of nitrogens with zero attached hydrogens (tertiary/aromatic N) is 1. The molecule has 7 heteroatoms. The standard InChI is InChI=1S/C11H14N2O4S/c1-7-2-3-10(6-12-7)18(16,17)13-9-4-8(5-9)11(14)15/h2-3,6,8-9,13H,4-5H2,1H3,(H,14,15). The van der Waals surface area contributed by atoms with Crippen molar-refractivity contribution in [1.29, 1.82) is 0 Å². The molecule has 1 saturated carbocycles. The third kappa shape index (κ3) is 2.68. The predicted molar refractivity (Wildman–Crippen MR) is 63.4 cm³/mol. The van der Waals surface area contributed by atoms with Gasteiger partial charge in [0.15, 0.2) is 0 Å². The molecule has 0 atom stereocenters. The van der Waals surface area contributed by atoms with Crippen molar-refractivity contribution < 1.29 is 18.3 Å². The lowest BCUT2D eigenvalue weighted by Gasteiger charge is -2.32. The summed E-state index contributed by atoms with van der Waals surface area (Å²) >= 11 is 0. The Bertz CT molecular complexity index is 547. The summed E-state index contributed by atoms with van der Waals surface area (Å²) in [5, 5.41) is 8.71. The van der Waals surface area contributed by atoms with Gasteiger partial charge in [-0.1, -0.05) is 0 Å². The van der Waals surface area contributed by atoms with Crippen LogP contribution in [0, 0.1) is 12.8 Å². The average molecular weight is 270 g/mol. The smallest absolute Gasteiger partial charge is 0.306 e. The Labute approximate surface area is 105 Å². The summed E-state index contributed by atoms with van der Waals surface area (Å²) in [7, 11) is -3.59. The van der Waals surface area contributed by atoms with E-state index in [1.54, 1.807) is 13.0 Å². The molecule has 6 nitrogen and oxygen atoms in total. The number of aromatic nitrogens is 1. The number of carbonyl (C=O) groups is 1. The molecule has 1 fully saturated rings. The van der Waals surface area contributed by atoms with E-state index in [0.29, 0.717) is 12.8 Å². The highest BCUT2D eigenvalue weighted by Gasteiger charge is 2.36. The summed E-state index contributed by atoms with van der Waals surface area (Å²) in [6.45, 7) is 1.77. The predicted octanol–water partition coefficient (Wildman–Crippen LogP) is 0.532. The summed E-state index contributed by atoms with van der Waals surface area (Å²) < 4.78 is 26.3. The van der Waals surface area contributed by atoms with E-state index in [4.69, 9.17) is 5.11 Å². The van der Waals surface area contributed by atoms with Crippen molar-refractivity contribution >= 4 is 16.0 Å². The van der Waals surface area contributed by atoms with E-state index in [1.165, 1.54) is 12.3 Å². The first-order chi connectivity index (χ1) is 8.38. The SMILES string of the molecule is Cc1ccc(S(=O)(=O)NC2CC(C(=O)O)C2)cn1. The number of carboxylic acid groups (broad SMARTS) is 1. The van der Waals surface area contributed by atoms with Crippen molar-refractivity contribution in [2.75, 3.05) is 0 Å². The maximum absolute atomic E-state index is 11.9. The van der Waals surface area contributed by atoms with E-state index in [9.17, 15) is 13.2 Å². The van der Waals surface area contributed by atoms with Crippen molar-refractivity contribution in [1.82, 2.24) is 9.71 Å². The molecule has 1 aliphatic rings. The lowest BCUT2D eigenvalue weighted by atomic mass is 9.81. The summed E-state index contributed by atoms with van der Waals surface area (Å²) in [6, 6.07) is 2.81. The number of aryl methyl sites for hydroxylation is 1. The first-order valence-corrected chi connectivity index (χ1v) is 7.04. The van der Waals surface area contributed by atoms with Gasteiger partial charge in [-0.25, -0.2) is 13.1 Å². The third-order valence-corrected chi connectivity index (χ3v) is 4.51. The van der Waals surface area contributed by atoms with Gasteiger partial charge in [0.1, 0.15) is 4.90 Å². The highest BCUT2D eigenvalue weighted by molar-refractivity contribution is 7.89. The van der Waals surface area contributed by atoms with Crippen molar-refractivity contribution in [3.63, 3.8) is 0 Å². The Morgan fingerprint density at radius 2 is 2.11 bits per heavy atom. The maximum atomic E-state index is 11.9. The van der Waals surface area contributed by atoms with E-state index >= 15 is 0 Å². The van der Waals surface area contributed by atoms with Crippen LogP contribution in [0.2, 0.25) is 0 Å². The zero-order valence-electron chi connectivity index (χ0n) is 9.83. The fourth-order valence-corrected chi connectivity index (χ4v) is 3.02. The zero-order chi connectivity index (χ0) is 13.3. The zero-order valence-corrected chi connectivity index (χ0v) is 10.6. The number of sulfonamides is 1.